The molecule has 0 bridgehead atoms. The summed E-state index contributed by atoms with van der Waals surface area (Å²) in [6.45, 7) is 0. The fraction of sp³-hybridized carbons (Fsp3) is 0. The number of nitrogens with zero attached hydrogens (tertiary/aromatic N) is 1. The molecule has 10 rings (SSSR count). The first-order valence-corrected chi connectivity index (χ1v) is 16.4. The Balaban J connectivity index is 1.14. The average molecular weight is 612 g/mol. The van der Waals surface area contributed by atoms with E-state index in [-0.39, 0.29) is 0 Å². The van der Waals surface area contributed by atoms with Gasteiger partial charge in [0.25, 0.3) is 0 Å². The predicted molar refractivity (Wildman–Crippen MR) is 200 cm³/mol. The van der Waals surface area contributed by atoms with Crippen LogP contribution in [-0.4, -0.2) is 4.57 Å². The first-order valence-electron chi connectivity index (χ1n) is 16.4. The molecule has 48 heavy (non-hydrogen) atoms. The SMILES string of the molecule is c1ccc(-c2ccc3c4c(cccc24)-c2cc(-c4ccccc4-c4ccc5c6ccccc6n(-c6ccccc6)c5c4)ccc2O3)cc1. The van der Waals surface area contributed by atoms with Crippen molar-refractivity contribution in [3.63, 3.8) is 0 Å². The van der Waals surface area contributed by atoms with E-state index in [0.717, 1.165) is 33.7 Å². The lowest BCUT2D eigenvalue weighted by Gasteiger charge is -2.23. The number of benzene rings is 8. The predicted octanol–water partition coefficient (Wildman–Crippen LogP) is 12.7. The number of hydrogen-bond donors (Lipinski definition) is 0. The molecule has 2 heterocycles. The molecule has 0 aliphatic carbocycles. The summed E-state index contributed by atoms with van der Waals surface area (Å²) in [4.78, 5) is 0. The molecule has 0 atom stereocenters. The van der Waals surface area contributed by atoms with E-state index in [2.05, 4.69) is 180 Å². The molecule has 1 aromatic heterocycles. The highest BCUT2D eigenvalue weighted by molar-refractivity contribution is 6.12. The van der Waals surface area contributed by atoms with Gasteiger partial charge >= 0.3 is 0 Å². The van der Waals surface area contributed by atoms with Crippen molar-refractivity contribution in [1.29, 1.82) is 0 Å². The summed E-state index contributed by atoms with van der Waals surface area (Å²) in [5.74, 6) is 1.79. The second-order valence-electron chi connectivity index (χ2n) is 12.5. The number of aromatic nitrogens is 1. The second-order valence-corrected chi connectivity index (χ2v) is 12.5. The third kappa shape index (κ3) is 4.06. The number of hydrogen-bond acceptors (Lipinski definition) is 1. The molecule has 2 nitrogen and oxygen atoms in total. The van der Waals surface area contributed by atoms with Crippen LogP contribution in [0.1, 0.15) is 0 Å². The largest absolute Gasteiger partial charge is 0.456 e. The van der Waals surface area contributed by atoms with Gasteiger partial charge in [-0.15, -0.1) is 0 Å². The Morgan fingerprint density at radius 2 is 0.958 bits per heavy atom. The smallest absolute Gasteiger partial charge is 0.135 e. The monoisotopic (exact) mass is 611 g/mol. The summed E-state index contributed by atoms with van der Waals surface area (Å²) in [5.41, 5.74) is 13.1. The summed E-state index contributed by atoms with van der Waals surface area (Å²) in [6, 6.07) is 63.1. The number of para-hydroxylation sites is 2. The van der Waals surface area contributed by atoms with Gasteiger partial charge in [-0.05, 0) is 86.8 Å². The van der Waals surface area contributed by atoms with Crippen LogP contribution in [0.5, 0.6) is 11.5 Å². The third-order valence-corrected chi connectivity index (χ3v) is 9.81. The quantitative estimate of drug-likeness (QED) is 0.193. The highest BCUT2D eigenvalue weighted by Gasteiger charge is 2.23. The van der Waals surface area contributed by atoms with E-state index in [1.54, 1.807) is 0 Å². The number of ether oxygens (including phenoxy) is 1. The van der Waals surface area contributed by atoms with Gasteiger partial charge in [0.05, 0.1) is 11.0 Å². The van der Waals surface area contributed by atoms with E-state index in [1.807, 2.05) is 0 Å². The van der Waals surface area contributed by atoms with Crippen molar-refractivity contribution in [1.82, 2.24) is 4.57 Å². The lowest BCUT2D eigenvalue weighted by molar-refractivity contribution is 0.487. The highest BCUT2D eigenvalue weighted by Crippen LogP contribution is 2.50. The van der Waals surface area contributed by atoms with Crippen LogP contribution >= 0.6 is 0 Å². The standard InChI is InChI=1S/C46H29NO/c1-3-12-30(13-4-1)36-25-27-45-46-39(36)19-11-20-40(46)41-28-31(23-26-44(41)48-45)34-16-7-8-17-35(34)32-22-24-38-37-18-9-10-21-42(37)47(43(38)29-32)33-14-5-2-6-15-33/h1-29H. The Labute approximate surface area is 278 Å². The van der Waals surface area contributed by atoms with Crippen LogP contribution < -0.4 is 4.74 Å². The average Bonchev–Trinajstić information content (AvgIpc) is 3.49. The second kappa shape index (κ2) is 10.6. The van der Waals surface area contributed by atoms with Crippen molar-refractivity contribution in [2.45, 2.75) is 0 Å². The molecule has 8 aromatic carbocycles. The normalized spacial score (nSPS) is 11.9. The molecule has 9 aromatic rings. The summed E-state index contributed by atoms with van der Waals surface area (Å²) >= 11 is 0. The molecule has 2 heteroatoms. The first-order chi connectivity index (χ1) is 23.8. The minimum Gasteiger partial charge on any atom is -0.456 e. The van der Waals surface area contributed by atoms with Gasteiger partial charge in [-0.3, -0.25) is 0 Å². The van der Waals surface area contributed by atoms with E-state index in [9.17, 15) is 0 Å². The van der Waals surface area contributed by atoms with Gasteiger partial charge in [-0.25, -0.2) is 0 Å². The summed E-state index contributed by atoms with van der Waals surface area (Å²) < 4.78 is 8.96. The Kier molecular flexibility index (Phi) is 5.91. The van der Waals surface area contributed by atoms with Crippen molar-refractivity contribution < 1.29 is 4.74 Å². The van der Waals surface area contributed by atoms with Gasteiger partial charge in [0.15, 0.2) is 0 Å². The first kappa shape index (κ1) is 26.8. The zero-order valence-corrected chi connectivity index (χ0v) is 26.1. The molecule has 0 spiro atoms. The molecule has 1 aliphatic rings. The molecular formula is C46H29NO. The van der Waals surface area contributed by atoms with Gasteiger partial charge in [-0.2, -0.15) is 0 Å². The zero-order valence-electron chi connectivity index (χ0n) is 26.1. The van der Waals surface area contributed by atoms with E-state index < -0.39 is 0 Å². The molecular weight excluding hydrogens is 583 g/mol. The van der Waals surface area contributed by atoms with Crippen LogP contribution in [0.25, 0.3) is 82.8 Å². The number of rotatable bonds is 4. The summed E-state index contributed by atoms with van der Waals surface area (Å²) in [5, 5.41) is 4.88. The third-order valence-electron chi connectivity index (χ3n) is 9.81. The van der Waals surface area contributed by atoms with Crippen LogP contribution in [0.3, 0.4) is 0 Å². The molecule has 1 aliphatic heterocycles. The van der Waals surface area contributed by atoms with E-state index >= 15 is 0 Å². The van der Waals surface area contributed by atoms with Crippen LogP contribution in [0.15, 0.2) is 176 Å². The summed E-state index contributed by atoms with van der Waals surface area (Å²) in [7, 11) is 0. The van der Waals surface area contributed by atoms with Crippen molar-refractivity contribution in [3.8, 4) is 61.7 Å². The molecule has 0 fully saturated rings. The maximum absolute atomic E-state index is 6.58. The van der Waals surface area contributed by atoms with Crippen LogP contribution in [0.2, 0.25) is 0 Å². The molecule has 0 unspecified atom stereocenters. The minimum atomic E-state index is 0.887. The van der Waals surface area contributed by atoms with Gasteiger partial charge in [0, 0.05) is 27.4 Å². The molecule has 0 saturated heterocycles. The van der Waals surface area contributed by atoms with Gasteiger partial charge in [-0.1, -0.05) is 133 Å². The summed E-state index contributed by atoms with van der Waals surface area (Å²) in [6.07, 6.45) is 0. The van der Waals surface area contributed by atoms with E-state index in [0.29, 0.717) is 0 Å². The van der Waals surface area contributed by atoms with E-state index in [4.69, 9.17) is 4.74 Å². The lowest BCUT2D eigenvalue weighted by atomic mass is 9.88. The minimum absolute atomic E-state index is 0.887. The maximum Gasteiger partial charge on any atom is 0.135 e. The van der Waals surface area contributed by atoms with Crippen LogP contribution in [0.4, 0.5) is 0 Å². The lowest BCUT2D eigenvalue weighted by Crippen LogP contribution is -1.98. The van der Waals surface area contributed by atoms with Crippen molar-refractivity contribution in [2.24, 2.45) is 0 Å². The van der Waals surface area contributed by atoms with Gasteiger partial charge < -0.3 is 9.30 Å². The van der Waals surface area contributed by atoms with Gasteiger partial charge in [0.1, 0.15) is 11.5 Å². The van der Waals surface area contributed by atoms with Crippen LogP contribution in [0, 0.1) is 0 Å². The highest BCUT2D eigenvalue weighted by atomic mass is 16.5. The number of fused-ring (bicyclic) bond motifs is 5. The van der Waals surface area contributed by atoms with Gasteiger partial charge in [0.2, 0.25) is 0 Å². The van der Waals surface area contributed by atoms with E-state index in [1.165, 1.54) is 60.6 Å². The van der Waals surface area contributed by atoms with Crippen molar-refractivity contribution >= 4 is 32.6 Å². The van der Waals surface area contributed by atoms with Crippen molar-refractivity contribution in [3.05, 3.63) is 176 Å². The molecule has 0 amide bonds. The Morgan fingerprint density at radius 1 is 0.333 bits per heavy atom. The Morgan fingerprint density at radius 3 is 1.79 bits per heavy atom. The molecule has 0 N–H and O–H groups in total. The molecule has 0 saturated carbocycles. The fourth-order valence-corrected chi connectivity index (χ4v) is 7.65. The van der Waals surface area contributed by atoms with Crippen LogP contribution in [-0.2, 0) is 0 Å². The zero-order chi connectivity index (χ0) is 31.6. The molecule has 224 valence electrons. The Bertz CT molecular complexity index is 2690. The maximum atomic E-state index is 6.58. The fourth-order valence-electron chi connectivity index (χ4n) is 7.65. The van der Waals surface area contributed by atoms with Crippen molar-refractivity contribution in [2.75, 3.05) is 0 Å². The Hall–Kier alpha value is -6.38. The molecule has 0 radical (unpaired) electrons. The topological polar surface area (TPSA) is 14.2 Å².